The fourth-order valence-corrected chi connectivity index (χ4v) is 4.06. The van der Waals surface area contributed by atoms with Crippen LogP contribution >= 0.6 is 11.6 Å². The molecule has 0 radical (unpaired) electrons. The molecule has 0 spiro atoms. The van der Waals surface area contributed by atoms with Crippen LogP contribution in [0.25, 0.3) is 0 Å². The summed E-state index contributed by atoms with van der Waals surface area (Å²) in [6.45, 7) is 4.03. The van der Waals surface area contributed by atoms with Crippen molar-refractivity contribution in [2.45, 2.75) is 20.4 Å². The highest BCUT2D eigenvalue weighted by atomic mass is 35.5. The van der Waals surface area contributed by atoms with Crippen molar-refractivity contribution >= 4 is 38.9 Å². The third-order valence-electron chi connectivity index (χ3n) is 4.89. The molecule has 0 aromatic heterocycles. The molecule has 5 nitrogen and oxygen atoms in total. The van der Waals surface area contributed by atoms with E-state index < -0.39 is 21.7 Å². The number of aryl methyl sites for hydroxylation is 2. The first kappa shape index (κ1) is 22.8. The zero-order valence-corrected chi connectivity index (χ0v) is 18.9. The topological polar surface area (TPSA) is 66.5 Å². The first-order valence-corrected chi connectivity index (χ1v) is 11.7. The van der Waals surface area contributed by atoms with Crippen LogP contribution in [0.4, 0.5) is 15.8 Å². The zero-order valence-electron chi connectivity index (χ0n) is 17.3. The van der Waals surface area contributed by atoms with E-state index in [1.807, 2.05) is 26.0 Å². The van der Waals surface area contributed by atoms with Gasteiger partial charge in [0.05, 0.1) is 24.1 Å². The van der Waals surface area contributed by atoms with Crippen LogP contribution in [0.1, 0.15) is 27.0 Å². The van der Waals surface area contributed by atoms with Crippen LogP contribution in [0.5, 0.6) is 0 Å². The molecule has 1 amide bonds. The summed E-state index contributed by atoms with van der Waals surface area (Å²) in [6, 6.07) is 15.9. The van der Waals surface area contributed by atoms with E-state index in [-0.39, 0.29) is 17.1 Å². The van der Waals surface area contributed by atoms with Gasteiger partial charge in [-0.05, 0) is 73.0 Å². The minimum atomic E-state index is -3.51. The molecule has 0 unspecified atom stereocenters. The lowest BCUT2D eigenvalue weighted by molar-refractivity contribution is 0.102. The second kappa shape index (κ2) is 9.08. The Kier molecular flexibility index (Phi) is 6.67. The molecular weight excluding hydrogens is 439 g/mol. The number of nitrogens with zero attached hydrogens (tertiary/aromatic N) is 1. The van der Waals surface area contributed by atoms with E-state index >= 15 is 0 Å². The molecule has 3 aromatic rings. The van der Waals surface area contributed by atoms with E-state index in [2.05, 4.69) is 5.32 Å². The maximum Gasteiger partial charge on any atom is 0.258 e. The molecule has 31 heavy (non-hydrogen) atoms. The van der Waals surface area contributed by atoms with Crippen molar-refractivity contribution in [2.75, 3.05) is 15.9 Å². The van der Waals surface area contributed by atoms with Crippen LogP contribution in [0.15, 0.2) is 60.7 Å². The number of halogens is 2. The number of carbonyl (C=O) groups excluding carboxylic acids is 1. The van der Waals surface area contributed by atoms with Gasteiger partial charge >= 0.3 is 0 Å². The fourth-order valence-electron chi connectivity index (χ4n) is 3.01. The van der Waals surface area contributed by atoms with E-state index in [1.165, 1.54) is 16.4 Å². The van der Waals surface area contributed by atoms with Gasteiger partial charge in [0.25, 0.3) is 5.91 Å². The molecule has 0 bridgehead atoms. The van der Waals surface area contributed by atoms with E-state index in [4.69, 9.17) is 11.6 Å². The number of nitrogens with one attached hydrogen (secondary N) is 1. The van der Waals surface area contributed by atoms with E-state index in [0.717, 1.165) is 29.0 Å². The number of sulfonamides is 1. The third-order valence-corrected chi connectivity index (χ3v) is 6.27. The van der Waals surface area contributed by atoms with Crippen molar-refractivity contribution in [3.63, 3.8) is 0 Å². The minimum Gasteiger partial charge on any atom is -0.322 e. The van der Waals surface area contributed by atoms with Crippen LogP contribution in [0.3, 0.4) is 0 Å². The van der Waals surface area contributed by atoms with Gasteiger partial charge in [0.15, 0.2) is 0 Å². The molecule has 0 atom stereocenters. The smallest absolute Gasteiger partial charge is 0.258 e. The Morgan fingerprint density at radius 1 is 1.00 bits per heavy atom. The van der Waals surface area contributed by atoms with Crippen molar-refractivity contribution < 1.29 is 17.6 Å². The molecule has 0 saturated heterocycles. The maximum absolute atomic E-state index is 13.9. The van der Waals surface area contributed by atoms with Gasteiger partial charge in [-0.2, -0.15) is 0 Å². The first-order chi connectivity index (χ1) is 14.5. The molecule has 3 rings (SSSR count). The normalized spacial score (nSPS) is 11.3. The van der Waals surface area contributed by atoms with Gasteiger partial charge in [0.2, 0.25) is 10.0 Å². The van der Waals surface area contributed by atoms with Crippen molar-refractivity contribution in [3.05, 3.63) is 93.8 Å². The molecule has 0 aliphatic rings. The number of benzene rings is 3. The largest absolute Gasteiger partial charge is 0.322 e. The van der Waals surface area contributed by atoms with Gasteiger partial charge in [-0.25, -0.2) is 12.8 Å². The Balaban J connectivity index is 1.78. The summed E-state index contributed by atoms with van der Waals surface area (Å²) in [5.74, 6) is -1.30. The van der Waals surface area contributed by atoms with Crippen molar-refractivity contribution in [1.29, 1.82) is 0 Å². The molecule has 0 fully saturated rings. The highest BCUT2D eigenvalue weighted by Gasteiger charge is 2.19. The monoisotopic (exact) mass is 460 g/mol. The summed E-state index contributed by atoms with van der Waals surface area (Å²) in [5, 5.41) is 2.87. The molecule has 8 heteroatoms. The van der Waals surface area contributed by atoms with Crippen LogP contribution in [-0.4, -0.2) is 20.6 Å². The zero-order chi connectivity index (χ0) is 22.8. The van der Waals surface area contributed by atoms with Crippen molar-refractivity contribution in [2.24, 2.45) is 0 Å². The minimum absolute atomic E-state index is 0.137. The molecule has 0 heterocycles. The Hall–Kier alpha value is -2.90. The third kappa shape index (κ3) is 5.62. The summed E-state index contributed by atoms with van der Waals surface area (Å²) < 4.78 is 40.0. The molecule has 0 saturated carbocycles. The predicted molar refractivity (Wildman–Crippen MR) is 123 cm³/mol. The van der Waals surface area contributed by atoms with Crippen molar-refractivity contribution in [3.8, 4) is 0 Å². The lowest BCUT2D eigenvalue weighted by atomic mass is 10.1. The predicted octanol–water partition coefficient (Wildman–Crippen LogP) is 5.31. The highest BCUT2D eigenvalue weighted by Crippen LogP contribution is 2.24. The highest BCUT2D eigenvalue weighted by molar-refractivity contribution is 7.92. The molecule has 1 N–H and O–H groups in total. The second-order valence-corrected chi connectivity index (χ2v) is 9.66. The number of hydrogen-bond acceptors (Lipinski definition) is 3. The van der Waals surface area contributed by atoms with Gasteiger partial charge in [-0.1, -0.05) is 29.8 Å². The SMILES string of the molecule is Cc1ccc(N(Cc2ccc(NC(=O)c3cc(Cl)ccc3F)cc2)S(C)(=O)=O)cc1C. The fraction of sp³-hybridized carbons (Fsp3) is 0.174. The molecule has 0 aliphatic heterocycles. The summed E-state index contributed by atoms with van der Waals surface area (Å²) in [5.41, 5.74) is 3.68. The number of carbonyl (C=O) groups is 1. The van der Waals surface area contributed by atoms with E-state index in [1.54, 1.807) is 30.3 Å². The lowest BCUT2D eigenvalue weighted by Gasteiger charge is -2.23. The Morgan fingerprint density at radius 2 is 1.68 bits per heavy atom. The average Bonchev–Trinajstić information content (AvgIpc) is 2.70. The number of anilines is 2. The van der Waals surface area contributed by atoms with Crippen molar-refractivity contribution in [1.82, 2.24) is 0 Å². The number of rotatable bonds is 6. The van der Waals surface area contributed by atoms with Gasteiger partial charge < -0.3 is 5.32 Å². The van der Waals surface area contributed by atoms with Crippen LogP contribution in [0.2, 0.25) is 5.02 Å². The Bertz CT molecular complexity index is 1230. The first-order valence-electron chi connectivity index (χ1n) is 9.45. The molecular formula is C23H22ClFN2O3S. The summed E-state index contributed by atoms with van der Waals surface area (Å²) >= 11 is 5.84. The lowest BCUT2D eigenvalue weighted by Crippen LogP contribution is -2.29. The number of amides is 1. The summed E-state index contributed by atoms with van der Waals surface area (Å²) in [7, 11) is -3.51. The summed E-state index contributed by atoms with van der Waals surface area (Å²) in [6.07, 6.45) is 1.16. The van der Waals surface area contributed by atoms with E-state index in [0.29, 0.717) is 11.4 Å². The Morgan fingerprint density at radius 3 is 2.29 bits per heavy atom. The van der Waals surface area contributed by atoms with Crippen LogP contribution in [-0.2, 0) is 16.6 Å². The maximum atomic E-state index is 13.9. The molecule has 162 valence electrons. The second-order valence-electron chi connectivity index (χ2n) is 7.31. The standard InChI is InChI=1S/C23H22ClFN2O3S/c1-15-4-10-20(12-16(15)2)27(31(3,29)30)14-17-5-8-19(9-6-17)26-23(28)21-13-18(24)7-11-22(21)25/h4-13H,14H2,1-3H3,(H,26,28). The van der Waals surface area contributed by atoms with Gasteiger partial charge in [-0.3, -0.25) is 9.10 Å². The van der Waals surface area contributed by atoms with Crippen LogP contribution < -0.4 is 9.62 Å². The molecule has 0 aliphatic carbocycles. The van der Waals surface area contributed by atoms with Gasteiger partial charge in [0.1, 0.15) is 5.82 Å². The van der Waals surface area contributed by atoms with E-state index in [9.17, 15) is 17.6 Å². The number of hydrogen-bond donors (Lipinski definition) is 1. The Labute approximate surface area is 186 Å². The quantitative estimate of drug-likeness (QED) is 0.541. The molecule has 3 aromatic carbocycles. The van der Waals surface area contributed by atoms with Gasteiger partial charge in [0, 0.05) is 10.7 Å². The van der Waals surface area contributed by atoms with Gasteiger partial charge in [-0.15, -0.1) is 0 Å². The summed E-state index contributed by atoms with van der Waals surface area (Å²) in [4.78, 5) is 12.3. The van der Waals surface area contributed by atoms with Crippen LogP contribution in [0, 0.1) is 19.7 Å². The average molecular weight is 461 g/mol.